The van der Waals surface area contributed by atoms with E-state index < -0.39 is 11.9 Å². The average molecular weight is 411 g/mol. The van der Waals surface area contributed by atoms with Gasteiger partial charge < -0.3 is 20.4 Å². The number of nitrogens with one attached hydrogen (secondary N) is 1. The summed E-state index contributed by atoms with van der Waals surface area (Å²) in [6.07, 6.45) is 0. The summed E-state index contributed by atoms with van der Waals surface area (Å²) in [4.78, 5) is 39.9. The number of anilines is 2. The Bertz CT molecular complexity index is 966. The molecular formula is C22H25N3O5. The van der Waals surface area contributed by atoms with Crippen molar-refractivity contribution in [2.24, 2.45) is 0 Å². The van der Waals surface area contributed by atoms with Gasteiger partial charge in [-0.15, -0.1) is 0 Å². The summed E-state index contributed by atoms with van der Waals surface area (Å²) >= 11 is 0. The smallest absolute Gasteiger partial charge is 0.336 e. The zero-order valence-electron chi connectivity index (χ0n) is 17.0. The highest BCUT2D eigenvalue weighted by Crippen LogP contribution is 2.27. The summed E-state index contributed by atoms with van der Waals surface area (Å²) in [7, 11) is 0. The van der Waals surface area contributed by atoms with E-state index in [0.29, 0.717) is 5.56 Å². The highest BCUT2D eigenvalue weighted by molar-refractivity contribution is 6.02. The topological polar surface area (TPSA) is 110 Å². The summed E-state index contributed by atoms with van der Waals surface area (Å²) in [6, 6.07) is 11.4. The number of nitrogens with zero attached hydrogens (tertiary/aromatic N) is 2. The lowest BCUT2D eigenvalue weighted by Gasteiger charge is -2.35. The van der Waals surface area contributed by atoms with Gasteiger partial charge in [-0.2, -0.15) is 0 Å². The molecule has 0 saturated carbocycles. The van der Waals surface area contributed by atoms with Gasteiger partial charge in [-0.1, -0.05) is 18.2 Å². The first-order valence-corrected chi connectivity index (χ1v) is 9.71. The van der Waals surface area contributed by atoms with Gasteiger partial charge in [-0.3, -0.25) is 9.69 Å². The van der Waals surface area contributed by atoms with Gasteiger partial charge in [0, 0.05) is 37.6 Å². The number of piperazine rings is 1. The quantitative estimate of drug-likeness (QED) is 0.670. The molecule has 0 bridgehead atoms. The molecule has 2 aromatic rings. The van der Waals surface area contributed by atoms with Gasteiger partial charge in [0.25, 0.3) is 0 Å². The molecule has 0 spiro atoms. The maximum absolute atomic E-state index is 12.6. The van der Waals surface area contributed by atoms with Crippen LogP contribution in [0, 0.1) is 13.8 Å². The van der Waals surface area contributed by atoms with Crippen molar-refractivity contribution in [3.63, 3.8) is 0 Å². The van der Waals surface area contributed by atoms with Crippen LogP contribution in [0.2, 0.25) is 0 Å². The molecule has 8 heteroatoms. The Hall–Kier alpha value is -3.39. The molecule has 1 aliphatic heterocycles. The van der Waals surface area contributed by atoms with Crippen LogP contribution in [-0.4, -0.2) is 65.7 Å². The molecule has 3 N–H and O–H groups in total. The predicted molar refractivity (Wildman–Crippen MR) is 114 cm³/mol. The monoisotopic (exact) mass is 411 g/mol. The van der Waals surface area contributed by atoms with E-state index in [1.165, 1.54) is 13.0 Å². The summed E-state index contributed by atoms with van der Waals surface area (Å²) in [5.41, 5.74) is 1.64. The first-order chi connectivity index (χ1) is 14.3. The minimum absolute atomic E-state index is 0.0957. The molecule has 0 aliphatic carbocycles. The van der Waals surface area contributed by atoms with E-state index in [1.807, 2.05) is 23.1 Å². The second kappa shape index (κ2) is 8.96. The third-order valence-corrected chi connectivity index (χ3v) is 5.43. The first kappa shape index (κ1) is 21.3. The van der Waals surface area contributed by atoms with E-state index in [0.717, 1.165) is 31.9 Å². The number of carboxylic acid groups (broad SMARTS) is 2. The number of amides is 1. The van der Waals surface area contributed by atoms with E-state index in [2.05, 4.69) is 22.3 Å². The maximum atomic E-state index is 12.6. The number of benzene rings is 2. The van der Waals surface area contributed by atoms with Crippen LogP contribution in [-0.2, 0) is 4.79 Å². The lowest BCUT2D eigenvalue weighted by molar-refractivity contribution is -0.117. The van der Waals surface area contributed by atoms with Gasteiger partial charge in [0.15, 0.2) is 0 Å². The number of hydrogen-bond donors (Lipinski definition) is 3. The van der Waals surface area contributed by atoms with Crippen molar-refractivity contribution >= 4 is 29.2 Å². The van der Waals surface area contributed by atoms with E-state index >= 15 is 0 Å². The van der Waals surface area contributed by atoms with Crippen molar-refractivity contribution < 1.29 is 24.6 Å². The van der Waals surface area contributed by atoms with Crippen molar-refractivity contribution in [1.29, 1.82) is 0 Å². The summed E-state index contributed by atoms with van der Waals surface area (Å²) < 4.78 is 0. The zero-order chi connectivity index (χ0) is 21.8. The molecule has 3 rings (SSSR count). The van der Waals surface area contributed by atoms with Gasteiger partial charge in [-0.05, 0) is 43.2 Å². The maximum Gasteiger partial charge on any atom is 0.336 e. The summed E-state index contributed by atoms with van der Waals surface area (Å²) in [6.45, 7) is 6.21. The molecule has 30 heavy (non-hydrogen) atoms. The van der Waals surface area contributed by atoms with Crippen LogP contribution >= 0.6 is 0 Å². The molecule has 2 aromatic carbocycles. The number of carboxylic acids is 2. The lowest BCUT2D eigenvalue weighted by atomic mass is 9.95. The lowest BCUT2D eigenvalue weighted by Crippen LogP contribution is -2.48. The normalized spacial score (nSPS) is 14.4. The third-order valence-electron chi connectivity index (χ3n) is 5.43. The number of carbonyl (C=O) groups is 3. The minimum Gasteiger partial charge on any atom is -0.478 e. The molecule has 0 radical (unpaired) electrons. The molecule has 1 heterocycles. The second-order valence-corrected chi connectivity index (χ2v) is 7.35. The zero-order valence-corrected chi connectivity index (χ0v) is 17.0. The van der Waals surface area contributed by atoms with E-state index in [4.69, 9.17) is 0 Å². The molecule has 158 valence electrons. The molecule has 1 amide bonds. The highest BCUT2D eigenvalue weighted by Gasteiger charge is 2.23. The number of rotatable bonds is 6. The molecule has 1 saturated heterocycles. The van der Waals surface area contributed by atoms with Gasteiger partial charge in [0.1, 0.15) is 0 Å². The largest absolute Gasteiger partial charge is 0.478 e. The van der Waals surface area contributed by atoms with Gasteiger partial charge in [0.2, 0.25) is 5.91 Å². The molecule has 0 atom stereocenters. The Morgan fingerprint density at radius 2 is 1.57 bits per heavy atom. The van der Waals surface area contributed by atoms with Crippen LogP contribution in [0.3, 0.4) is 0 Å². The summed E-state index contributed by atoms with van der Waals surface area (Å²) in [5, 5.41) is 21.6. The number of carbonyl (C=O) groups excluding carboxylic acids is 1. The van der Waals surface area contributed by atoms with Crippen molar-refractivity contribution in [3.8, 4) is 0 Å². The van der Waals surface area contributed by atoms with Crippen LogP contribution in [0.5, 0.6) is 0 Å². The predicted octanol–water partition coefficient (Wildman–Crippen LogP) is 2.46. The Kier molecular flexibility index (Phi) is 6.37. The van der Waals surface area contributed by atoms with Crippen molar-refractivity contribution in [2.45, 2.75) is 13.8 Å². The fraction of sp³-hybridized carbons (Fsp3) is 0.318. The molecule has 8 nitrogen and oxygen atoms in total. The van der Waals surface area contributed by atoms with E-state index in [-0.39, 0.29) is 34.8 Å². The Morgan fingerprint density at radius 1 is 0.933 bits per heavy atom. The van der Waals surface area contributed by atoms with Crippen LogP contribution < -0.4 is 10.2 Å². The fourth-order valence-electron chi connectivity index (χ4n) is 3.78. The van der Waals surface area contributed by atoms with E-state index in [9.17, 15) is 24.6 Å². The van der Waals surface area contributed by atoms with Gasteiger partial charge >= 0.3 is 11.9 Å². The minimum atomic E-state index is -1.23. The van der Waals surface area contributed by atoms with Crippen molar-refractivity contribution in [2.75, 3.05) is 42.9 Å². The number of aromatic carboxylic acids is 2. The first-order valence-electron chi connectivity index (χ1n) is 9.71. The second-order valence-electron chi connectivity index (χ2n) is 7.35. The molecule has 1 aliphatic rings. The average Bonchev–Trinajstić information content (AvgIpc) is 2.71. The van der Waals surface area contributed by atoms with Crippen LogP contribution in [0.1, 0.15) is 31.8 Å². The van der Waals surface area contributed by atoms with Crippen LogP contribution in [0.4, 0.5) is 11.4 Å². The molecular weight excluding hydrogens is 386 g/mol. The summed E-state index contributed by atoms with van der Waals surface area (Å²) in [5.74, 6) is -2.76. The van der Waals surface area contributed by atoms with Crippen LogP contribution in [0.25, 0.3) is 0 Å². The number of hydrogen-bond acceptors (Lipinski definition) is 5. The van der Waals surface area contributed by atoms with Crippen molar-refractivity contribution in [3.05, 3.63) is 58.7 Å². The Balaban J connectivity index is 1.67. The SMILES string of the molecule is Cc1c(NC(=O)CN2CCN(c3ccccc3)CC2)cc(C(=O)O)c(C)c1C(=O)O. The Morgan fingerprint density at radius 3 is 2.13 bits per heavy atom. The van der Waals surface area contributed by atoms with Crippen LogP contribution in [0.15, 0.2) is 36.4 Å². The fourth-order valence-corrected chi connectivity index (χ4v) is 3.78. The molecule has 0 unspecified atom stereocenters. The number of para-hydroxylation sites is 1. The highest BCUT2D eigenvalue weighted by atomic mass is 16.4. The van der Waals surface area contributed by atoms with Crippen molar-refractivity contribution in [1.82, 2.24) is 4.90 Å². The third kappa shape index (κ3) is 4.60. The van der Waals surface area contributed by atoms with E-state index in [1.54, 1.807) is 6.92 Å². The van der Waals surface area contributed by atoms with Gasteiger partial charge in [0.05, 0.1) is 17.7 Å². The standard InChI is InChI=1S/C22H25N3O5/c1-14-17(21(27)28)12-18(15(2)20(14)22(29)30)23-19(26)13-24-8-10-25(11-9-24)16-6-4-3-5-7-16/h3-7,12H,8-11,13H2,1-2H3,(H,23,26)(H,27,28)(H,29,30). The molecule has 1 fully saturated rings. The molecule has 0 aromatic heterocycles. The Labute approximate surface area is 174 Å². The van der Waals surface area contributed by atoms with Gasteiger partial charge in [-0.25, -0.2) is 9.59 Å².